The molecule has 0 radical (unpaired) electrons. The average molecular weight is 345 g/mol. The lowest BCUT2D eigenvalue weighted by Crippen LogP contribution is -2.39. The number of piperidine rings is 1. The van der Waals surface area contributed by atoms with Crippen LogP contribution < -0.4 is 10.6 Å². The van der Waals surface area contributed by atoms with E-state index in [1.165, 1.54) is 4.90 Å². The van der Waals surface area contributed by atoms with Crippen LogP contribution >= 0.6 is 11.3 Å². The van der Waals surface area contributed by atoms with E-state index in [-0.39, 0.29) is 0 Å². The second-order valence-corrected chi connectivity index (χ2v) is 7.34. The van der Waals surface area contributed by atoms with Gasteiger partial charge in [-0.15, -0.1) is 11.3 Å². The van der Waals surface area contributed by atoms with Crippen LogP contribution in [0.25, 0.3) is 10.4 Å². The number of rotatable bonds is 4. The van der Waals surface area contributed by atoms with Crippen molar-refractivity contribution in [1.29, 1.82) is 0 Å². The summed E-state index contributed by atoms with van der Waals surface area (Å²) in [6, 6.07) is 9.66. The Morgan fingerprint density at radius 3 is 2.75 bits per heavy atom. The van der Waals surface area contributed by atoms with Gasteiger partial charge in [0.05, 0.1) is 11.4 Å². The Morgan fingerprint density at radius 2 is 2.12 bits per heavy atom. The molecule has 1 aromatic heterocycles. The lowest BCUT2D eigenvalue weighted by molar-refractivity contribution is 0.192. The zero-order valence-electron chi connectivity index (χ0n) is 13.8. The van der Waals surface area contributed by atoms with Crippen molar-refractivity contribution in [3.05, 3.63) is 35.7 Å². The van der Waals surface area contributed by atoms with Gasteiger partial charge in [-0.05, 0) is 68.0 Å². The third-order valence-corrected chi connectivity index (χ3v) is 5.56. The van der Waals surface area contributed by atoms with Crippen molar-refractivity contribution in [2.75, 3.05) is 37.3 Å². The van der Waals surface area contributed by atoms with Crippen molar-refractivity contribution >= 4 is 28.8 Å². The van der Waals surface area contributed by atoms with Crippen molar-refractivity contribution < 1.29 is 9.90 Å². The van der Waals surface area contributed by atoms with E-state index >= 15 is 0 Å². The van der Waals surface area contributed by atoms with Crippen LogP contribution in [0.5, 0.6) is 0 Å². The fraction of sp³-hybridized carbons (Fsp3) is 0.389. The Kier molecular flexibility index (Phi) is 5.06. The number of carbonyl (C=O) groups is 1. The molecule has 1 fully saturated rings. The van der Waals surface area contributed by atoms with Crippen LogP contribution in [0.2, 0.25) is 0 Å². The lowest BCUT2D eigenvalue weighted by atomic mass is 9.96. The van der Waals surface area contributed by atoms with Crippen LogP contribution in [0, 0.1) is 5.92 Å². The Balaban J connectivity index is 1.85. The van der Waals surface area contributed by atoms with Crippen molar-refractivity contribution in [2.45, 2.75) is 12.8 Å². The van der Waals surface area contributed by atoms with Crippen LogP contribution in [0.4, 0.5) is 16.2 Å². The van der Waals surface area contributed by atoms with Crippen LogP contribution in [-0.4, -0.2) is 42.8 Å². The molecular weight excluding hydrogens is 322 g/mol. The topological polar surface area (TPSA) is 69.8 Å². The minimum absolute atomic E-state index is 0.377. The Morgan fingerprint density at radius 1 is 1.38 bits per heavy atom. The highest BCUT2D eigenvalue weighted by Crippen LogP contribution is 2.33. The van der Waals surface area contributed by atoms with Gasteiger partial charge in [0.25, 0.3) is 0 Å². The highest BCUT2D eigenvalue weighted by Gasteiger charge is 2.24. The van der Waals surface area contributed by atoms with Gasteiger partial charge in [-0.1, -0.05) is 12.1 Å². The van der Waals surface area contributed by atoms with Gasteiger partial charge in [0.15, 0.2) is 0 Å². The molecular formula is C18H23N3O2S. The molecule has 2 aromatic rings. The molecule has 3 N–H and O–H groups in total. The van der Waals surface area contributed by atoms with Gasteiger partial charge < -0.3 is 15.7 Å². The van der Waals surface area contributed by atoms with Gasteiger partial charge in [0.2, 0.25) is 0 Å². The quantitative estimate of drug-likeness (QED) is 0.827. The summed E-state index contributed by atoms with van der Waals surface area (Å²) in [6.45, 7) is 2.53. The van der Waals surface area contributed by atoms with E-state index < -0.39 is 6.09 Å². The molecule has 24 heavy (non-hydrogen) atoms. The molecule has 0 bridgehead atoms. The fourth-order valence-corrected chi connectivity index (χ4v) is 3.88. The maximum Gasteiger partial charge on any atom is 0.411 e. The van der Waals surface area contributed by atoms with Crippen LogP contribution in [0.15, 0.2) is 35.7 Å². The van der Waals surface area contributed by atoms with Gasteiger partial charge in [-0.25, -0.2) is 4.79 Å². The normalized spacial score (nSPS) is 16.2. The molecule has 2 heterocycles. The number of likely N-dealkylation sites (tertiary alicyclic amines) is 1. The lowest BCUT2D eigenvalue weighted by Gasteiger charge is -2.32. The molecule has 0 saturated carbocycles. The maximum atomic E-state index is 11.9. The van der Waals surface area contributed by atoms with Crippen molar-refractivity contribution in [1.82, 2.24) is 4.90 Å². The van der Waals surface area contributed by atoms with Gasteiger partial charge >= 0.3 is 6.09 Å². The summed E-state index contributed by atoms with van der Waals surface area (Å²) < 4.78 is 0. The Labute approximate surface area is 146 Å². The SMILES string of the molecule is CN1CCC(CN(C(=O)O)c2cc(-c3cccs3)ccc2N)CC1. The molecule has 0 unspecified atom stereocenters. The monoisotopic (exact) mass is 345 g/mol. The van der Waals surface area contributed by atoms with E-state index in [0.717, 1.165) is 36.4 Å². The number of nitrogen functional groups attached to an aromatic ring is 1. The first-order valence-electron chi connectivity index (χ1n) is 8.17. The first-order chi connectivity index (χ1) is 11.5. The van der Waals surface area contributed by atoms with Crippen LogP contribution in [0.1, 0.15) is 12.8 Å². The number of amides is 1. The first-order valence-corrected chi connectivity index (χ1v) is 9.05. The molecule has 0 spiro atoms. The number of carboxylic acid groups (broad SMARTS) is 1. The molecule has 0 atom stereocenters. The van der Waals surface area contributed by atoms with Crippen LogP contribution in [-0.2, 0) is 0 Å². The molecule has 1 aliphatic rings. The Hall–Kier alpha value is -2.05. The number of hydrogen-bond acceptors (Lipinski definition) is 4. The van der Waals surface area contributed by atoms with Crippen molar-refractivity contribution in [3.8, 4) is 10.4 Å². The highest BCUT2D eigenvalue weighted by molar-refractivity contribution is 7.13. The smallest absolute Gasteiger partial charge is 0.411 e. The molecule has 5 nitrogen and oxygen atoms in total. The summed E-state index contributed by atoms with van der Waals surface area (Å²) in [5.74, 6) is 0.377. The molecule has 1 aromatic carbocycles. The molecule has 1 aliphatic heterocycles. The summed E-state index contributed by atoms with van der Waals surface area (Å²) in [4.78, 5) is 16.7. The molecule has 3 rings (SSSR count). The molecule has 0 aliphatic carbocycles. The number of nitrogens with zero attached hydrogens (tertiary/aromatic N) is 2. The Bertz CT molecular complexity index is 694. The molecule has 1 amide bonds. The molecule has 6 heteroatoms. The summed E-state index contributed by atoms with van der Waals surface area (Å²) in [5, 5.41) is 11.7. The summed E-state index contributed by atoms with van der Waals surface area (Å²) >= 11 is 1.63. The minimum Gasteiger partial charge on any atom is -0.465 e. The standard InChI is InChI=1S/C18H23N3O2S/c1-20-8-6-13(7-9-20)12-21(18(22)23)16-11-14(4-5-15(16)19)17-3-2-10-24-17/h2-5,10-11,13H,6-9,12,19H2,1H3,(H,22,23). The second-order valence-electron chi connectivity index (χ2n) is 6.39. The molecule has 1 saturated heterocycles. The van der Waals surface area contributed by atoms with E-state index in [1.807, 2.05) is 29.6 Å². The average Bonchev–Trinajstić information content (AvgIpc) is 3.09. The first kappa shape index (κ1) is 16.8. The third-order valence-electron chi connectivity index (χ3n) is 4.64. The van der Waals surface area contributed by atoms with Gasteiger partial charge in [-0.2, -0.15) is 0 Å². The predicted octanol–water partition coefficient (Wildman–Crippen LogP) is 3.82. The zero-order chi connectivity index (χ0) is 17.1. The second kappa shape index (κ2) is 7.23. The van der Waals surface area contributed by atoms with Crippen molar-refractivity contribution in [3.63, 3.8) is 0 Å². The fourth-order valence-electron chi connectivity index (χ4n) is 3.16. The number of hydrogen-bond donors (Lipinski definition) is 2. The van der Waals surface area contributed by atoms with E-state index in [4.69, 9.17) is 5.73 Å². The maximum absolute atomic E-state index is 11.9. The van der Waals surface area contributed by atoms with E-state index in [2.05, 4.69) is 11.9 Å². The largest absolute Gasteiger partial charge is 0.465 e. The zero-order valence-corrected chi connectivity index (χ0v) is 14.6. The van der Waals surface area contributed by atoms with Gasteiger partial charge in [0.1, 0.15) is 0 Å². The number of benzene rings is 1. The van der Waals surface area contributed by atoms with Gasteiger partial charge in [-0.3, -0.25) is 4.90 Å². The highest BCUT2D eigenvalue weighted by atomic mass is 32.1. The third kappa shape index (κ3) is 3.71. The van der Waals surface area contributed by atoms with E-state index in [0.29, 0.717) is 23.8 Å². The molecule has 128 valence electrons. The predicted molar refractivity (Wildman–Crippen MR) is 99.8 cm³/mol. The number of anilines is 2. The summed E-state index contributed by atoms with van der Waals surface area (Å²) in [7, 11) is 2.10. The van der Waals surface area contributed by atoms with Gasteiger partial charge in [0, 0.05) is 11.4 Å². The van der Waals surface area contributed by atoms with Crippen molar-refractivity contribution in [2.24, 2.45) is 5.92 Å². The summed E-state index contributed by atoms with van der Waals surface area (Å²) in [6.07, 6.45) is 1.10. The summed E-state index contributed by atoms with van der Waals surface area (Å²) in [5.41, 5.74) is 8.20. The number of thiophene rings is 1. The van der Waals surface area contributed by atoms with E-state index in [1.54, 1.807) is 17.4 Å². The number of nitrogens with two attached hydrogens (primary N) is 1. The minimum atomic E-state index is -0.941. The van der Waals surface area contributed by atoms with Crippen LogP contribution in [0.3, 0.4) is 0 Å². The van der Waals surface area contributed by atoms with E-state index in [9.17, 15) is 9.90 Å².